The molecule has 0 aromatic carbocycles. The van der Waals surface area contributed by atoms with Crippen LogP contribution in [0.15, 0.2) is 48.6 Å². The second-order valence-corrected chi connectivity index (χ2v) is 11.6. The number of hydrogen-bond acceptors (Lipinski definition) is 6. The molecule has 6 rings (SSSR count). The minimum absolute atomic E-state index is 0.0482. The molecular formula is C29H20ClF10N9O2. The van der Waals surface area contributed by atoms with Crippen molar-refractivity contribution in [2.24, 2.45) is 11.8 Å². The van der Waals surface area contributed by atoms with Gasteiger partial charge in [-0.3, -0.25) is 9.59 Å². The van der Waals surface area contributed by atoms with Gasteiger partial charge in [0.15, 0.2) is 22.7 Å². The van der Waals surface area contributed by atoms with Crippen molar-refractivity contribution in [1.29, 1.82) is 0 Å². The lowest BCUT2D eigenvalue weighted by Crippen LogP contribution is -2.27. The summed E-state index contributed by atoms with van der Waals surface area (Å²) in [6, 6.07) is 5.00. The normalized spacial score (nSPS) is 17.9. The molecule has 4 aromatic heterocycles. The molecule has 0 spiro atoms. The zero-order chi connectivity index (χ0) is 37.4. The van der Waals surface area contributed by atoms with E-state index in [-0.39, 0.29) is 53.9 Å². The first-order chi connectivity index (χ1) is 23.8. The average molecular weight is 752 g/mol. The van der Waals surface area contributed by atoms with Crippen LogP contribution < -0.4 is 0 Å². The predicted octanol–water partition coefficient (Wildman–Crippen LogP) is 6.96. The molecule has 11 nitrogen and oxygen atoms in total. The van der Waals surface area contributed by atoms with E-state index in [1.807, 2.05) is 0 Å². The van der Waals surface area contributed by atoms with E-state index in [9.17, 15) is 53.5 Å². The van der Waals surface area contributed by atoms with Crippen LogP contribution in [0.25, 0.3) is 16.1 Å². The van der Waals surface area contributed by atoms with Gasteiger partial charge in [-0.25, -0.2) is 14.5 Å². The van der Waals surface area contributed by atoms with E-state index in [1.165, 1.54) is 24.3 Å². The van der Waals surface area contributed by atoms with Crippen LogP contribution in [0, 0.1) is 18.4 Å². The molecule has 22 heteroatoms. The van der Waals surface area contributed by atoms with Gasteiger partial charge in [-0.15, -0.1) is 4.52 Å². The van der Waals surface area contributed by atoms with Gasteiger partial charge in [-0.1, -0.05) is 18.2 Å². The van der Waals surface area contributed by atoms with Crippen LogP contribution in [0.1, 0.15) is 35.6 Å². The Kier molecular flexibility index (Phi) is 10.3. The van der Waals surface area contributed by atoms with Crippen molar-refractivity contribution in [2.45, 2.75) is 38.3 Å². The molecule has 2 saturated heterocycles. The van der Waals surface area contributed by atoms with Gasteiger partial charge in [0.1, 0.15) is 10.8 Å². The third-order valence-electron chi connectivity index (χ3n) is 7.64. The summed E-state index contributed by atoms with van der Waals surface area (Å²) in [5, 5.41) is 7.54. The summed E-state index contributed by atoms with van der Waals surface area (Å²) in [7, 11) is 0. The summed E-state index contributed by atoms with van der Waals surface area (Å²) in [5.41, 5.74) is -3.41. The van der Waals surface area contributed by atoms with Crippen LogP contribution in [-0.4, -0.2) is 63.9 Å². The van der Waals surface area contributed by atoms with E-state index in [1.54, 1.807) is 0 Å². The number of halogens is 11. The summed E-state index contributed by atoms with van der Waals surface area (Å²) in [5.74, 6) is -2.72. The summed E-state index contributed by atoms with van der Waals surface area (Å²) < 4.78 is 131. The van der Waals surface area contributed by atoms with E-state index in [2.05, 4.69) is 25.0 Å². The van der Waals surface area contributed by atoms with Gasteiger partial charge in [0.05, 0.1) is 18.8 Å². The van der Waals surface area contributed by atoms with E-state index >= 15 is 0 Å². The summed E-state index contributed by atoms with van der Waals surface area (Å²) in [6.07, 6.45) is -12.6. The first-order valence-corrected chi connectivity index (χ1v) is 14.8. The van der Waals surface area contributed by atoms with Gasteiger partial charge in [0, 0.05) is 37.8 Å². The standard InChI is InChI=1S/C15H10F5N5O.C14H10ClF5N4O/c1-21-11-2-3-12-22-14(15(18,19)20)9(25(12)23-11)7-24-6-8(4-10(16)17)5-13(24)26;15-9-1-2-11-21-13(14(18,19)20)8(24(11)22-9)6-23-5-7(3-10(16)17)4-12(23)25/h2-4,8H,5-7H2;1-3,7H,4-6H2. The maximum atomic E-state index is 13.3. The number of likely N-dealkylation sites (tertiary alicyclic amines) is 2. The van der Waals surface area contributed by atoms with Gasteiger partial charge in [-0.05, 0) is 41.5 Å². The number of carbonyl (C=O) groups excluding carboxylic acids is 2. The Morgan fingerprint density at radius 1 is 0.765 bits per heavy atom. The van der Waals surface area contributed by atoms with Gasteiger partial charge in [0.2, 0.25) is 11.8 Å². The van der Waals surface area contributed by atoms with Crippen LogP contribution in [0.2, 0.25) is 5.15 Å². The number of imidazole rings is 2. The van der Waals surface area contributed by atoms with Crippen molar-refractivity contribution >= 4 is 40.5 Å². The Morgan fingerprint density at radius 2 is 1.20 bits per heavy atom. The lowest BCUT2D eigenvalue weighted by molar-refractivity contribution is -0.143. The molecule has 0 saturated carbocycles. The summed E-state index contributed by atoms with van der Waals surface area (Å²) >= 11 is 5.73. The van der Waals surface area contributed by atoms with Gasteiger partial charge < -0.3 is 14.6 Å². The van der Waals surface area contributed by atoms with E-state index in [4.69, 9.17) is 18.2 Å². The number of rotatable bonds is 6. The van der Waals surface area contributed by atoms with E-state index in [0.717, 1.165) is 18.8 Å². The van der Waals surface area contributed by atoms with E-state index < -0.39 is 78.3 Å². The van der Waals surface area contributed by atoms with Crippen LogP contribution in [0.3, 0.4) is 0 Å². The lowest BCUT2D eigenvalue weighted by atomic mass is 10.1. The smallest absolute Gasteiger partial charge is 0.359 e. The summed E-state index contributed by atoms with van der Waals surface area (Å²) in [6.45, 7) is 5.73. The number of aromatic nitrogens is 6. The van der Waals surface area contributed by atoms with Crippen molar-refractivity contribution < 1.29 is 53.5 Å². The Labute approximate surface area is 284 Å². The number of alkyl halides is 6. The number of nitrogens with zero attached hydrogens (tertiary/aromatic N) is 9. The summed E-state index contributed by atoms with van der Waals surface area (Å²) in [4.78, 5) is 36.1. The van der Waals surface area contributed by atoms with Crippen molar-refractivity contribution in [3.8, 4) is 0 Å². The van der Waals surface area contributed by atoms with Crippen LogP contribution >= 0.6 is 11.6 Å². The highest BCUT2D eigenvalue weighted by atomic mass is 35.5. The zero-order valence-corrected chi connectivity index (χ0v) is 26.1. The van der Waals surface area contributed by atoms with E-state index in [0.29, 0.717) is 12.2 Å². The van der Waals surface area contributed by atoms with Crippen LogP contribution in [0.5, 0.6) is 0 Å². The zero-order valence-electron chi connectivity index (χ0n) is 25.4. The third kappa shape index (κ3) is 8.38. The maximum Gasteiger partial charge on any atom is 0.435 e. The number of carbonyl (C=O) groups is 2. The van der Waals surface area contributed by atoms with Crippen molar-refractivity contribution in [3.63, 3.8) is 0 Å². The second-order valence-electron chi connectivity index (χ2n) is 11.2. The van der Waals surface area contributed by atoms with Gasteiger partial charge >= 0.3 is 12.4 Å². The third-order valence-corrected chi connectivity index (χ3v) is 7.84. The second kappa shape index (κ2) is 14.2. The molecule has 0 radical (unpaired) electrons. The average Bonchev–Trinajstić information content (AvgIpc) is 3.76. The molecule has 6 heterocycles. The first kappa shape index (κ1) is 37.0. The molecule has 2 amide bonds. The molecule has 4 aromatic rings. The SMILES string of the molecule is O=C1CC(C=C(F)F)CN1Cc1c(C(F)(F)F)nc2ccc(Cl)nn12.[C-]#[N+]c1ccc2nc(C(F)(F)F)c(CN3CC(C=C(F)F)CC3=O)n2n1. The molecule has 2 aliphatic rings. The Morgan fingerprint density at radius 3 is 1.61 bits per heavy atom. The Bertz CT molecular complexity index is 2090. The first-order valence-electron chi connectivity index (χ1n) is 14.4. The largest absolute Gasteiger partial charge is 0.435 e. The molecule has 270 valence electrons. The minimum Gasteiger partial charge on any atom is -0.359 e. The highest BCUT2D eigenvalue weighted by Crippen LogP contribution is 2.35. The predicted molar refractivity (Wildman–Crippen MR) is 155 cm³/mol. The molecule has 2 aliphatic heterocycles. The fourth-order valence-electron chi connectivity index (χ4n) is 5.58. The van der Waals surface area contributed by atoms with Gasteiger partial charge in [-0.2, -0.15) is 49.0 Å². The number of amides is 2. The highest BCUT2D eigenvalue weighted by molar-refractivity contribution is 6.29. The molecule has 2 fully saturated rings. The van der Waals surface area contributed by atoms with Crippen molar-refractivity contribution in [3.05, 3.63) is 87.9 Å². The fourth-order valence-corrected chi connectivity index (χ4v) is 5.71. The maximum absolute atomic E-state index is 13.3. The Hall–Kier alpha value is -5.26. The molecule has 2 unspecified atom stereocenters. The fraction of sp³-hybridized carbons (Fsp3) is 0.345. The molecule has 51 heavy (non-hydrogen) atoms. The van der Waals surface area contributed by atoms with Crippen LogP contribution in [0.4, 0.5) is 49.7 Å². The molecule has 0 aliphatic carbocycles. The topological polar surface area (TPSA) is 105 Å². The molecule has 0 bridgehead atoms. The molecule has 0 N–H and O–H groups in total. The highest BCUT2D eigenvalue weighted by Gasteiger charge is 2.42. The van der Waals surface area contributed by atoms with Gasteiger partial charge in [0.25, 0.3) is 18.0 Å². The number of hydrogen-bond donors (Lipinski definition) is 0. The molecular weight excluding hydrogens is 732 g/mol. The monoisotopic (exact) mass is 751 g/mol. The lowest BCUT2D eigenvalue weighted by Gasteiger charge is -2.17. The molecule has 2 atom stereocenters. The van der Waals surface area contributed by atoms with Crippen molar-refractivity contribution in [1.82, 2.24) is 39.0 Å². The minimum atomic E-state index is -4.80. The van der Waals surface area contributed by atoms with Crippen molar-refractivity contribution in [2.75, 3.05) is 13.1 Å². The number of fused-ring (bicyclic) bond motifs is 2. The Balaban J connectivity index is 0.000000198. The van der Waals surface area contributed by atoms with Crippen LogP contribution in [-0.2, 0) is 35.0 Å². The quantitative estimate of drug-likeness (QED) is 0.156.